The molecule has 1 rings (SSSR count). The van der Waals surface area contributed by atoms with Gasteiger partial charge >= 0.3 is 12.1 Å². The summed E-state index contributed by atoms with van der Waals surface area (Å²) >= 11 is 0. The van der Waals surface area contributed by atoms with Gasteiger partial charge in [0.2, 0.25) is 0 Å². The van der Waals surface area contributed by atoms with Gasteiger partial charge in [0.05, 0.1) is 66.1 Å². The Labute approximate surface area is 336 Å². The molecule has 0 aliphatic carbocycles. The third kappa shape index (κ3) is 31.4. The van der Waals surface area contributed by atoms with Crippen molar-refractivity contribution in [1.82, 2.24) is 0 Å². The quantitative estimate of drug-likeness (QED) is 0.0292. The van der Waals surface area contributed by atoms with Crippen LogP contribution in [0.25, 0.3) is 0 Å². The average molecular weight is 797 g/mol. The van der Waals surface area contributed by atoms with Crippen LogP contribution >= 0.6 is 0 Å². The minimum Gasteiger partial charge on any atom is -0.463 e. The Bertz CT molecular complexity index is 1010. The van der Waals surface area contributed by atoms with Crippen molar-refractivity contribution in [2.75, 3.05) is 121 Å². The van der Waals surface area contributed by atoms with Crippen LogP contribution in [0.1, 0.15) is 69.8 Å². The van der Waals surface area contributed by atoms with Crippen molar-refractivity contribution in [3.63, 3.8) is 0 Å². The molecular weight excluding hydrogens is 724 g/mol. The Kier molecular flexibility index (Phi) is 35.9. The lowest BCUT2D eigenvalue weighted by Gasteiger charge is -2.31. The van der Waals surface area contributed by atoms with Crippen LogP contribution in [0, 0.1) is 0 Å². The second-order valence-corrected chi connectivity index (χ2v) is 12.6. The number of ether oxygens (including phenoxy) is 12. The molecule has 0 saturated carbocycles. The molecule has 0 unspecified atom stereocenters. The number of hydrogen-bond donors (Lipinski definition) is 0. The van der Waals surface area contributed by atoms with E-state index in [2.05, 4.69) is 18.2 Å². The first-order valence-electron chi connectivity index (χ1n) is 20.1. The van der Waals surface area contributed by atoms with E-state index in [1.807, 2.05) is 42.5 Å². The zero-order valence-corrected chi connectivity index (χ0v) is 34.8. The summed E-state index contributed by atoms with van der Waals surface area (Å²) < 4.78 is 67.0. The van der Waals surface area contributed by atoms with Crippen LogP contribution in [0.15, 0.2) is 60.7 Å². The summed E-state index contributed by atoms with van der Waals surface area (Å²) in [5.41, 5.74) is 0.959. The number of esters is 1. The Morgan fingerprint density at radius 2 is 0.911 bits per heavy atom. The Morgan fingerprint density at radius 3 is 1.32 bits per heavy atom. The highest BCUT2D eigenvalue weighted by atomic mass is 17.0. The molecule has 0 amide bonds. The van der Waals surface area contributed by atoms with Crippen molar-refractivity contribution in [1.29, 1.82) is 0 Å². The molecule has 0 heterocycles. The fourth-order valence-electron chi connectivity index (χ4n) is 4.78. The minimum atomic E-state index is -1.83. The maximum Gasteiger partial charge on any atom is 0.461 e. The molecule has 0 radical (unpaired) electrons. The zero-order chi connectivity index (χ0) is 40.5. The van der Waals surface area contributed by atoms with Crippen LogP contribution in [0.2, 0.25) is 0 Å². The highest BCUT2D eigenvalue weighted by Crippen LogP contribution is 2.24. The lowest BCUT2D eigenvalue weighted by molar-refractivity contribution is -0.463. The van der Waals surface area contributed by atoms with Crippen LogP contribution < -0.4 is 4.74 Å². The number of methoxy groups -OCH3 is 4. The number of rotatable bonds is 41. The molecule has 1 aromatic carbocycles. The van der Waals surface area contributed by atoms with Crippen LogP contribution in [0.3, 0.4) is 0 Å². The van der Waals surface area contributed by atoms with Crippen molar-refractivity contribution < 1.29 is 61.6 Å². The Morgan fingerprint density at radius 1 is 0.500 bits per heavy atom. The fraction of sp³-hybridized carbons (Fsp3) is 0.698. The molecule has 0 N–H and O–H groups in total. The van der Waals surface area contributed by atoms with Crippen molar-refractivity contribution in [3.05, 3.63) is 66.3 Å². The van der Waals surface area contributed by atoms with E-state index in [4.69, 9.17) is 56.8 Å². The van der Waals surface area contributed by atoms with Crippen LogP contribution in [0.4, 0.5) is 0 Å². The molecular formula is C43H72O13. The van der Waals surface area contributed by atoms with Gasteiger partial charge in [-0.15, -0.1) is 0 Å². The average Bonchev–Trinajstić information content (AvgIpc) is 3.21. The van der Waals surface area contributed by atoms with Gasteiger partial charge < -0.3 is 42.6 Å². The summed E-state index contributed by atoms with van der Waals surface area (Å²) in [5, 5.41) is 0. The molecule has 13 nitrogen and oxygen atoms in total. The van der Waals surface area contributed by atoms with Gasteiger partial charge in [0, 0.05) is 54.7 Å². The van der Waals surface area contributed by atoms with E-state index in [0.29, 0.717) is 78.2 Å². The lowest BCUT2D eigenvalue weighted by atomic mass is 10.1. The van der Waals surface area contributed by atoms with E-state index in [-0.39, 0.29) is 38.8 Å². The standard InChI is InChI=1S/C43H72O13/c1-45-32-36-49-26-14-8-5-11-17-29-53-43(54-30-18-12-6-9-15-27-50-37-33-46-2,55-31-19-13-7-10-16-28-51-38-34-47-3)56-41-23-20-40(21-24-41)22-25-42(44)52-39-35-48-4/h11-13,17-21,23-24H,5-10,14-16,22,25-39H2,1-4H3/b17-11-,18-12-,19-13-. The van der Waals surface area contributed by atoms with Crippen molar-refractivity contribution in [3.8, 4) is 5.75 Å². The molecule has 0 aliphatic heterocycles. The van der Waals surface area contributed by atoms with E-state index in [9.17, 15) is 4.79 Å². The summed E-state index contributed by atoms with van der Waals surface area (Å²) in [6, 6.07) is 7.44. The number of unbranched alkanes of at least 4 members (excludes halogenated alkanes) is 6. The predicted molar refractivity (Wildman–Crippen MR) is 216 cm³/mol. The molecule has 56 heavy (non-hydrogen) atoms. The largest absolute Gasteiger partial charge is 0.463 e. The summed E-state index contributed by atoms with van der Waals surface area (Å²) in [6.07, 6.45) is 19.5. The first-order chi connectivity index (χ1) is 27.6. The lowest BCUT2D eigenvalue weighted by Crippen LogP contribution is -2.45. The maximum absolute atomic E-state index is 12.1. The van der Waals surface area contributed by atoms with Gasteiger partial charge in [0.15, 0.2) is 0 Å². The second kappa shape index (κ2) is 39.2. The SMILES string of the molecule is COCCOCCCC/C=C\COC(OC/C=C\CCCCOCCOC)(OC/C=C\CCCCOCCOC)Oc1ccc(CCC(=O)OCCOC)cc1. The van der Waals surface area contributed by atoms with Gasteiger partial charge in [-0.1, -0.05) is 48.6 Å². The minimum absolute atomic E-state index is 0.202. The summed E-state index contributed by atoms with van der Waals surface area (Å²) in [6.45, 7) is 6.94. The number of allylic oxidation sites excluding steroid dienone is 3. The fourth-order valence-corrected chi connectivity index (χ4v) is 4.78. The highest BCUT2D eigenvalue weighted by Gasteiger charge is 2.37. The van der Waals surface area contributed by atoms with Gasteiger partial charge in [-0.2, -0.15) is 0 Å². The molecule has 0 aliphatic rings. The molecule has 13 heteroatoms. The van der Waals surface area contributed by atoms with Crippen molar-refractivity contribution in [2.45, 2.75) is 76.8 Å². The van der Waals surface area contributed by atoms with Gasteiger partial charge in [-0.05, 0) is 81.9 Å². The molecule has 322 valence electrons. The number of aryl methyl sites for hydroxylation is 1. The van der Waals surface area contributed by atoms with Crippen molar-refractivity contribution >= 4 is 5.97 Å². The van der Waals surface area contributed by atoms with Gasteiger partial charge in [0.1, 0.15) is 12.4 Å². The third-order valence-electron chi connectivity index (χ3n) is 7.93. The van der Waals surface area contributed by atoms with E-state index in [1.165, 1.54) is 0 Å². The molecule has 0 fully saturated rings. The topological polar surface area (TPSA) is 128 Å². The Hall–Kier alpha value is -2.69. The summed E-state index contributed by atoms with van der Waals surface area (Å²) in [5.74, 6) is 0.218. The van der Waals surface area contributed by atoms with Gasteiger partial charge in [0.25, 0.3) is 0 Å². The molecule has 0 saturated heterocycles. The number of carbonyl (C=O) groups is 1. The van der Waals surface area contributed by atoms with Crippen LogP contribution in [-0.4, -0.2) is 133 Å². The third-order valence-corrected chi connectivity index (χ3v) is 7.93. The molecule has 0 atom stereocenters. The van der Waals surface area contributed by atoms with Crippen LogP contribution in [0.5, 0.6) is 5.75 Å². The maximum atomic E-state index is 12.1. The molecule has 1 aromatic rings. The van der Waals surface area contributed by atoms with E-state index in [1.54, 1.807) is 28.4 Å². The number of hydrogen-bond acceptors (Lipinski definition) is 13. The summed E-state index contributed by atoms with van der Waals surface area (Å²) in [4.78, 5) is 12.1. The van der Waals surface area contributed by atoms with Gasteiger partial charge in [-0.3, -0.25) is 19.0 Å². The normalized spacial score (nSPS) is 12.1. The molecule has 0 bridgehead atoms. The number of carbonyl (C=O) groups excluding carboxylic acids is 1. The van der Waals surface area contributed by atoms with Gasteiger partial charge in [-0.25, -0.2) is 0 Å². The zero-order valence-electron chi connectivity index (χ0n) is 34.8. The first-order valence-corrected chi connectivity index (χ1v) is 20.1. The molecule has 0 aromatic heterocycles. The highest BCUT2D eigenvalue weighted by molar-refractivity contribution is 5.69. The number of benzene rings is 1. The van der Waals surface area contributed by atoms with E-state index >= 15 is 0 Å². The summed E-state index contributed by atoms with van der Waals surface area (Å²) in [7, 11) is 6.57. The second-order valence-electron chi connectivity index (χ2n) is 12.6. The van der Waals surface area contributed by atoms with Crippen LogP contribution in [-0.2, 0) is 63.3 Å². The molecule has 0 spiro atoms. The van der Waals surface area contributed by atoms with Crippen molar-refractivity contribution in [2.24, 2.45) is 0 Å². The van der Waals surface area contributed by atoms with E-state index < -0.39 is 6.16 Å². The smallest absolute Gasteiger partial charge is 0.461 e. The first kappa shape index (κ1) is 51.3. The Balaban J connectivity index is 2.95. The van der Waals surface area contributed by atoms with E-state index in [0.717, 1.165) is 63.4 Å². The predicted octanol–water partition coefficient (Wildman–Crippen LogP) is 7.02. The monoisotopic (exact) mass is 796 g/mol.